The van der Waals surface area contributed by atoms with Gasteiger partial charge in [0.15, 0.2) is 17.4 Å². The van der Waals surface area contributed by atoms with Gasteiger partial charge in [0.2, 0.25) is 0 Å². The molecule has 1 spiro atoms. The quantitative estimate of drug-likeness (QED) is 0.848. The van der Waals surface area contributed by atoms with Crippen molar-refractivity contribution in [3.05, 3.63) is 29.8 Å². The Hall–Kier alpha value is -1.24. The summed E-state index contributed by atoms with van der Waals surface area (Å²) in [4.78, 5) is 0. The van der Waals surface area contributed by atoms with Crippen LogP contribution >= 0.6 is 0 Å². The van der Waals surface area contributed by atoms with Gasteiger partial charge in [-0.25, -0.2) is 8.78 Å². The highest BCUT2D eigenvalue weighted by Crippen LogP contribution is 2.35. The number of ether oxygens (including phenoxy) is 3. The van der Waals surface area contributed by atoms with Crippen molar-refractivity contribution in [2.45, 2.75) is 37.5 Å². The molecule has 1 aromatic rings. The van der Waals surface area contributed by atoms with Crippen molar-refractivity contribution in [3.63, 3.8) is 0 Å². The van der Waals surface area contributed by atoms with E-state index in [4.69, 9.17) is 14.2 Å². The highest BCUT2D eigenvalue weighted by molar-refractivity contribution is 5.24. The Morgan fingerprint density at radius 2 is 1.91 bits per heavy atom. The van der Waals surface area contributed by atoms with Crippen LogP contribution in [-0.4, -0.2) is 38.2 Å². The first-order valence-corrected chi connectivity index (χ1v) is 7.76. The third-order valence-corrected chi connectivity index (χ3v) is 4.25. The number of benzene rings is 1. The average molecular weight is 313 g/mol. The van der Waals surface area contributed by atoms with E-state index in [1.165, 1.54) is 12.1 Å². The average Bonchev–Trinajstić information content (AvgIpc) is 2.96. The molecular formula is C16H21F2NO3. The summed E-state index contributed by atoms with van der Waals surface area (Å²) in [5, 5.41) is 3.40. The van der Waals surface area contributed by atoms with Gasteiger partial charge in [-0.05, 0) is 25.0 Å². The predicted octanol–water partition coefficient (Wildman–Crippen LogP) is 2.62. The Labute approximate surface area is 128 Å². The van der Waals surface area contributed by atoms with Crippen LogP contribution in [-0.2, 0) is 9.47 Å². The molecule has 6 heteroatoms. The third kappa shape index (κ3) is 3.74. The molecule has 1 N–H and O–H groups in total. The molecule has 0 radical (unpaired) electrons. The van der Waals surface area contributed by atoms with E-state index in [9.17, 15) is 8.78 Å². The van der Waals surface area contributed by atoms with Crippen LogP contribution in [0.1, 0.15) is 25.7 Å². The summed E-state index contributed by atoms with van der Waals surface area (Å²) >= 11 is 0. The first-order chi connectivity index (χ1) is 10.7. The minimum Gasteiger partial charge on any atom is -0.489 e. The molecule has 0 aromatic heterocycles. The Morgan fingerprint density at radius 1 is 1.18 bits per heavy atom. The molecule has 0 amide bonds. The summed E-state index contributed by atoms with van der Waals surface area (Å²) in [6, 6.07) is 3.73. The van der Waals surface area contributed by atoms with E-state index >= 15 is 0 Å². The summed E-state index contributed by atoms with van der Waals surface area (Å²) in [5.74, 6) is -1.53. The van der Waals surface area contributed by atoms with Gasteiger partial charge in [0.25, 0.3) is 0 Å². The molecule has 0 bridgehead atoms. The molecule has 2 fully saturated rings. The largest absolute Gasteiger partial charge is 0.489 e. The second-order valence-electron chi connectivity index (χ2n) is 5.76. The standard InChI is InChI=1S/C16H21F2NO3/c17-12-1-2-15(14(18)11-12)20-8-7-19-13-3-5-16(6-4-13)21-9-10-22-16/h1-2,11,13,19H,3-10H2. The van der Waals surface area contributed by atoms with Gasteiger partial charge in [0.1, 0.15) is 12.4 Å². The van der Waals surface area contributed by atoms with E-state index < -0.39 is 11.6 Å². The van der Waals surface area contributed by atoms with Crippen LogP contribution in [0, 0.1) is 11.6 Å². The van der Waals surface area contributed by atoms with Gasteiger partial charge < -0.3 is 19.5 Å². The summed E-state index contributed by atoms with van der Waals surface area (Å²) < 4.78 is 42.9. The molecule has 3 rings (SSSR count). The van der Waals surface area contributed by atoms with Gasteiger partial charge in [-0.2, -0.15) is 0 Å². The molecular weight excluding hydrogens is 292 g/mol. The lowest BCUT2D eigenvalue weighted by Gasteiger charge is -2.35. The fourth-order valence-corrected chi connectivity index (χ4v) is 3.06. The van der Waals surface area contributed by atoms with Crippen molar-refractivity contribution >= 4 is 0 Å². The summed E-state index contributed by atoms with van der Waals surface area (Å²) in [6.07, 6.45) is 3.78. The molecule has 1 saturated carbocycles. The van der Waals surface area contributed by atoms with E-state index in [0.29, 0.717) is 32.4 Å². The van der Waals surface area contributed by atoms with Crippen LogP contribution in [0.3, 0.4) is 0 Å². The normalized spacial score (nSPS) is 21.4. The third-order valence-electron chi connectivity index (χ3n) is 4.25. The number of hydrogen-bond acceptors (Lipinski definition) is 4. The van der Waals surface area contributed by atoms with Crippen molar-refractivity contribution < 1.29 is 23.0 Å². The second-order valence-corrected chi connectivity index (χ2v) is 5.76. The minimum atomic E-state index is -0.671. The number of rotatable bonds is 5. The van der Waals surface area contributed by atoms with E-state index in [1.807, 2.05) is 0 Å². The van der Waals surface area contributed by atoms with Crippen molar-refractivity contribution in [2.75, 3.05) is 26.4 Å². The van der Waals surface area contributed by atoms with Gasteiger partial charge in [-0.1, -0.05) is 0 Å². The maximum absolute atomic E-state index is 13.4. The zero-order valence-electron chi connectivity index (χ0n) is 12.4. The monoisotopic (exact) mass is 313 g/mol. The van der Waals surface area contributed by atoms with Crippen molar-refractivity contribution in [3.8, 4) is 5.75 Å². The SMILES string of the molecule is Fc1ccc(OCCNC2CCC3(CC2)OCCO3)c(F)c1. The van der Waals surface area contributed by atoms with Crippen molar-refractivity contribution in [1.29, 1.82) is 0 Å². The molecule has 1 aromatic carbocycles. The van der Waals surface area contributed by atoms with Gasteiger partial charge in [-0.3, -0.25) is 0 Å². The van der Waals surface area contributed by atoms with Crippen LogP contribution in [0.5, 0.6) is 5.75 Å². The van der Waals surface area contributed by atoms with E-state index in [-0.39, 0.29) is 11.5 Å². The first-order valence-electron chi connectivity index (χ1n) is 7.76. The van der Waals surface area contributed by atoms with Gasteiger partial charge in [0.05, 0.1) is 13.2 Å². The Kier molecular flexibility index (Phi) is 4.90. The number of nitrogens with one attached hydrogen (secondary N) is 1. The lowest BCUT2D eigenvalue weighted by atomic mass is 9.90. The number of halogens is 2. The molecule has 122 valence electrons. The fourth-order valence-electron chi connectivity index (χ4n) is 3.06. The number of hydrogen-bond donors (Lipinski definition) is 1. The molecule has 1 aliphatic heterocycles. The molecule has 1 saturated heterocycles. The molecule has 1 heterocycles. The van der Waals surface area contributed by atoms with Crippen LogP contribution in [0.4, 0.5) is 8.78 Å². The molecule has 1 aliphatic carbocycles. The predicted molar refractivity (Wildman–Crippen MR) is 76.7 cm³/mol. The Bertz CT molecular complexity index is 496. The second kappa shape index (κ2) is 6.89. The summed E-state index contributed by atoms with van der Waals surface area (Å²) in [5.41, 5.74) is 0. The Balaban J connectivity index is 1.35. The van der Waals surface area contributed by atoms with Crippen molar-refractivity contribution in [1.82, 2.24) is 5.32 Å². The first kappa shape index (κ1) is 15.6. The van der Waals surface area contributed by atoms with Gasteiger partial charge in [0, 0.05) is 31.5 Å². The topological polar surface area (TPSA) is 39.7 Å². The van der Waals surface area contributed by atoms with Crippen LogP contribution < -0.4 is 10.1 Å². The van der Waals surface area contributed by atoms with Gasteiger partial charge in [-0.15, -0.1) is 0 Å². The maximum atomic E-state index is 13.4. The van der Waals surface area contributed by atoms with Crippen LogP contribution in [0.2, 0.25) is 0 Å². The fraction of sp³-hybridized carbons (Fsp3) is 0.625. The molecule has 0 unspecified atom stereocenters. The van der Waals surface area contributed by atoms with Crippen LogP contribution in [0.15, 0.2) is 18.2 Å². The summed E-state index contributed by atoms with van der Waals surface area (Å²) in [6.45, 7) is 2.34. The lowest BCUT2D eigenvalue weighted by Crippen LogP contribution is -2.43. The Morgan fingerprint density at radius 3 is 2.59 bits per heavy atom. The van der Waals surface area contributed by atoms with E-state index in [2.05, 4.69) is 5.32 Å². The van der Waals surface area contributed by atoms with Crippen LogP contribution in [0.25, 0.3) is 0 Å². The minimum absolute atomic E-state index is 0.0820. The zero-order valence-corrected chi connectivity index (χ0v) is 12.4. The van der Waals surface area contributed by atoms with E-state index in [1.54, 1.807) is 0 Å². The highest BCUT2D eigenvalue weighted by Gasteiger charge is 2.40. The van der Waals surface area contributed by atoms with E-state index in [0.717, 1.165) is 31.7 Å². The van der Waals surface area contributed by atoms with Crippen molar-refractivity contribution in [2.24, 2.45) is 0 Å². The lowest BCUT2D eigenvalue weighted by molar-refractivity contribution is -0.179. The van der Waals surface area contributed by atoms with Gasteiger partial charge >= 0.3 is 0 Å². The summed E-state index contributed by atoms with van der Waals surface area (Å²) in [7, 11) is 0. The molecule has 4 nitrogen and oxygen atoms in total. The highest BCUT2D eigenvalue weighted by atomic mass is 19.1. The zero-order chi connectivity index (χ0) is 15.4. The molecule has 22 heavy (non-hydrogen) atoms. The molecule has 2 aliphatic rings. The maximum Gasteiger partial charge on any atom is 0.168 e. The smallest absolute Gasteiger partial charge is 0.168 e. The molecule has 0 atom stereocenters.